The zero-order chi connectivity index (χ0) is 19.1. The fourth-order valence-corrected chi connectivity index (χ4v) is 4.23. The van der Waals surface area contributed by atoms with Crippen molar-refractivity contribution in [3.05, 3.63) is 59.4 Å². The van der Waals surface area contributed by atoms with E-state index >= 15 is 0 Å². The van der Waals surface area contributed by atoms with Gasteiger partial charge in [-0.2, -0.15) is 0 Å². The number of nitrogens with zero attached hydrogens (tertiary/aromatic N) is 4. The van der Waals surface area contributed by atoms with Crippen LogP contribution < -0.4 is 10.2 Å². The average Bonchev–Trinajstić information content (AvgIpc) is 3.11. The fraction of sp³-hybridized carbons (Fsp3) is 0.364. The van der Waals surface area contributed by atoms with E-state index in [0.717, 1.165) is 43.0 Å². The molecule has 2 atom stereocenters. The third-order valence-corrected chi connectivity index (χ3v) is 5.96. The molecule has 6 heteroatoms. The third-order valence-electron chi connectivity index (χ3n) is 5.96. The van der Waals surface area contributed by atoms with E-state index in [-0.39, 0.29) is 18.7 Å². The lowest BCUT2D eigenvalue weighted by Gasteiger charge is -2.34. The zero-order valence-electron chi connectivity index (χ0n) is 16.0. The summed E-state index contributed by atoms with van der Waals surface area (Å²) in [6.45, 7) is 4.33. The molecule has 0 bridgehead atoms. The monoisotopic (exact) mass is 375 g/mol. The molecule has 1 aromatic carbocycles. The van der Waals surface area contributed by atoms with Gasteiger partial charge >= 0.3 is 0 Å². The van der Waals surface area contributed by atoms with E-state index in [9.17, 15) is 5.11 Å². The first kappa shape index (κ1) is 17.4. The van der Waals surface area contributed by atoms with Crippen molar-refractivity contribution in [3.63, 3.8) is 0 Å². The molecule has 3 aliphatic heterocycles. The van der Waals surface area contributed by atoms with Gasteiger partial charge in [-0.3, -0.25) is 9.98 Å². The second-order valence-electron chi connectivity index (χ2n) is 7.77. The van der Waals surface area contributed by atoms with Gasteiger partial charge in [-0.15, -0.1) is 0 Å². The molecule has 5 rings (SSSR count). The summed E-state index contributed by atoms with van der Waals surface area (Å²) in [5, 5.41) is 12.8. The highest BCUT2D eigenvalue weighted by molar-refractivity contribution is 6.11. The van der Waals surface area contributed by atoms with Gasteiger partial charge in [-0.1, -0.05) is 18.2 Å². The number of fused-ring (bicyclic) bond motifs is 3. The standard InChI is InChI=1S/C22H25N5O/c1-26-6-8-27(9-7-26)18-4-2-15(3-5-18)16-10-20-19-11-17(14-28)23-13-21(19)25-22(20)24-12-16/h2-5,10-13,20,22,25,28H,6-9,14H2,1H3. The lowest BCUT2D eigenvalue weighted by Crippen LogP contribution is -2.44. The molecule has 0 saturated carbocycles. The number of likely N-dealkylation sites (N-methyl/N-ethyl adjacent to an activating group) is 1. The van der Waals surface area contributed by atoms with Crippen LogP contribution in [0.4, 0.5) is 11.4 Å². The van der Waals surface area contributed by atoms with Crippen LogP contribution in [0.3, 0.4) is 0 Å². The normalized spacial score (nSPS) is 23.8. The highest BCUT2D eigenvalue weighted by Gasteiger charge is 2.33. The second kappa shape index (κ2) is 7.04. The van der Waals surface area contributed by atoms with Crippen molar-refractivity contribution in [1.82, 2.24) is 9.88 Å². The minimum atomic E-state index is -0.0434. The van der Waals surface area contributed by atoms with E-state index < -0.39 is 0 Å². The fourth-order valence-electron chi connectivity index (χ4n) is 4.23. The highest BCUT2D eigenvalue weighted by Crippen LogP contribution is 2.40. The van der Waals surface area contributed by atoms with Crippen molar-refractivity contribution in [2.24, 2.45) is 4.99 Å². The molecule has 3 aliphatic rings. The molecule has 1 aromatic heterocycles. The van der Waals surface area contributed by atoms with E-state index in [0.29, 0.717) is 5.69 Å². The molecule has 4 heterocycles. The maximum atomic E-state index is 9.41. The lowest BCUT2D eigenvalue weighted by atomic mass is 9.92. The molecular weight excluding hydrogens is 350 g/mol. The van der Waals surface area contributed by atoms with Gasteiger partial charge in [0.1, 0.15) is 6.17 Å². The SMILES string of the molecule is CN1CCN(c2ccc(C3=CC4c5cc(CO)ncc5NC4N=C3)cc2)CC1. The van der Waals surface area contributed by atoms with Crippen LogP contribution in [0.1, 0.15) is 22.7 Å². The predicted molar refractivity (Wildman–Crippen MR) is 113 cm³/mol. The van der Waals surface area contributed by atoms with E-state index in [1.165, 1.54) is 11.3 Å². The van der Waals surface area contributed by atoms with E-state index in [2.05, 4.69) is 57.5 Å². The Balaban J connectivity index is 1.39. The maximum absolute atomic E-state index is 9.41. The van der Waals surface area contributed by atoms with Crippen molar-refractivity contribution in [1.29, 1.82) is 0 Å². The average molecular weight is 375 g/mol. The first-order valence-electron chi connectivity index (χ1n) is 9.86. The van der Waals surface area contributed by atoms with Crippen molar-refractivity contribution >= 4 is 23.2 Å². The summed E-state index contributed by atoms with van der Waals surface area (Å²) in [5.41, 5.74) is 6.48. The number of nitrogens with one attached hydrogen (secondary N) is 1. The topological polar surface area (TPSA) is 64.0 Å². The Hall–Kier alpha value is -2.70. The Morgan fingerprint density at radius 3 is 2.68 bits per heavy atom. The first-order valence-corrected chi connectivity index (χ1v) is 9.86. The Kier molecular flexibility index (Phi) is 4.37. The van der Waals surface area contributed by atoms with Gasteiger partial charge in [0.2, 0.25) is 0 Å². The van der Waals surface area contributed by atoms with Crippen LogP contribution in [0.5, 0.6) is 0 Å². The van der Waals surface area contributed by atoms with Crippen molar-refractivity contribution < 1.29 is 5.11 Å². The number of hydrogen-bond acceptors (Lipinski definition) is 6. The molecule has 28 heavy (non-hydrogen) atoms. The van der Waals surface area contributed by atoms with Gasteiger partial charge in [0.15, 0.2) is 0 Å². The number of rotatable bonds is 3. The number of anilines is 2. The summed E-state index contributed by atoms with van der Waals surface area (Å²) in [7, 11) is 2.18. The number of benzene rings is 1. The molecule has 0 spiro atoms. The Morgan fingerprint density at radius 2 is 1.93 bits per heavy atom. The molecule has 2 N–H and O–H groups in total. The van der Waals surface area contributed by atoms with Crippen molar-refractivity contribution in [3.8, 4) is 0 Å². The summed E-state index contributed by atoms with van der Waals surface area (Å²) in [6.07, 6.45) is 6.06. The lowest BCUT2D eigenvalue weighted by molar-refractivity contribution is 0.277. The molecule has 0 amide bonds. The largest absolute Gasteiger partial charge is 0.390 e. The summed E-state index contributed by atoms with van der Waals surface area (Å²) in [4.78, 5) is 13.8. The number of piperazine rings is 1. The summed E-state index contributed by atoms with van der Waals surface area (Å²) >= 11 is 0. The first-order chi connectivity index (χ1) is 13.7. The van der Waals surface area contributed by atoms with Crippen molar-refractivity contribution in [2.45, 2.75) is 18.7 Å². The Labute approximate surface area is 165 Å². The molecule has 2 unspecified atom stereocenters. The van der Waals surface area contributed by atoms with Crippen LogP contribution in [-0.2, 0) is 6.61 Å². The van der Waals surface area contributed by atoms with Crippen LogP contribution >= 0.6 is 0 Å². The number of aromatic nitrogens is 1. The summed E-state index contributed by atoms with van der Waals surface area (Å²) < 4.78 is 0. The van der Waals surface area contributed by atoms with Crippen LogP contribution in [0.15, 0.2) is 47.6 Å². The van der Waals surface area contributed by atoms with Crippen LogP contribution in [0.2, 0.25) is 0 Å². The van der Waals surface area contributed by atoms with E-state index in [4.69, 9.17) is 4.99 Å². The van der Waals surface area contributed by atoms with Crippen LogP contribution in [0.25, 0.3) is 5.57 Å². The van der Waals surface area contributed by atoms with Crippen LogP contribution in [-0.4, -0.2) is 60.6 Å². The predicted octanol–water partition coefficient (Wildman–Crippen LogP) is 2.33. The quantitative estimate of drug-likeness (QED) is 0.862. The zero-order valence-corrected chi connectivity index (χ0v) is 16.0. The molecule has 0 radical (unpaired) electrons. The van der Waals surface area contributed by atoms with Gasteiger partial charge < -0.3 is 20.2 Å². The molecule has 2 aromatic rings. The van der Waals surface area contributed by atoms with Gasteiger partial charge in [0.05, 0.1) is 24.2 Å². The molecule has 144 valence electrons. The molecule has 6 nitrogen and oxygen atoms in total. The van der Waals surface area contributed by atoms with E-state index in [1.54, 1.807) is 6.20 Å². The smallest absolute Gasteiger partial charge is 0.129 e. The minimum absolute atomic E-state index is 0.0131. The number of aliphatic hydroxyl groups excluding tert-OH is 1. The van der Waals surface area contributed by atoms with Gasteiger partial charge in [0.25, 0.3) is 0 Å². The maximum Gasteiger partial charge on any atom is 0.129 e. The second-order valence-corrected chi connectivity index (χ2v) is 7.77. The number of aliphatic hydroxyl groups is 1. The highest BCUT2D eigenvalue weighted by atomic mass is 16.3. The number of dihydropyridines is 1. The van der Waals surface area contributed by atoms with E-state index in [1.807, 2.05) is 12.3 Å². The summed E-state index contributed by atoms with van der Waals surface area (Å²) in [6, 6.07) is 10.8. The summed E-state index contributed by atoms with van der Waals surface area (Å²) in [5.74, 6) is 0.167. The number of allylic oxidation sites excluding steroid dienone is 1. The van der Waals surface area contributed by atoms with Gasteiger partial charge in [0, 0.05) is 44.0 Å². The number of pyridine rings is 1. The number of hydrogen-bond donors (Lipinski definition) is 2. The third kappa shape index (κ3) is 3.08. The Morgan fingerprint density at radius 1 is 1.14 bits per heavy atom. The Bertz CT molecular complexity index is 928. The van der Waals surface area contributed by atoms with Gasteiger partial charge in [-0.05, 0) is 41.9 Å². The molecule has 1 fully saturated rings. The molecule has 0 aliphatic carbocycles. The van der Waals surface area contributed by atoms with Crippen LogP contribution in [0, 0.1) is 0 Å². The molecule has 1 saturated heterocycles. The van der Waals surface area contributed by atoms with Crippen molar-refractivity contribution in [2.75, 3.05) is 43.4 Å². The van der Waals surface area contributed by atoms with Gasteiger partial charge in [-0.25, -0.2) is 0 Å². The molecular formula is C22H25N5O. The minimum Gasteiger partial charge on any atom is -0.390 e. The number of aliphatic imine (C=N–C) groups is 1.